The summed E-state index contributed by atoms with van der Waals surface area (Å²) in [7, 11) is 1.63. The first kappa shape index (κ1) is 9.95. The van der Waals surface area contributed by atoms with Crippen molar-refractivity contribution in [1.82, 2.24) is 5.32 Å². The first-order valence-electron chi connectivity index (χ1n) is 3.61. The highest BCUT2D eigenvalue weighted by atomic mass is 16.1. The highest BCUT2D eigenvalue weighted by molar-refractivity contribution is 5.92. The van der Waals surface area contributed by atoms with Gasteiger partial charge in [-0.05, 0) is 20.8 Å². The Balaban J connectivity index is 4.23. The minimum atomic E-state index is -0.0255. The van der Waals surface area contributed by atoms with Gasteiger partial charge < -0.3 is 5.32 Å². The quantitative estimate of drug-likeness (QED) is 0.474. The summed E-state index contributed by atoms with van der Waals surface area (Å²) < 4.78 is 0. The predicted octanol–water partition coefficient (Wildman–Crippen LogP) is 1.64. The second-order valence-electron chi connectivity index (χ2n) is 2.67. The molecule has 0 aromatic heterocycles. The first-order chi connectivity index (χ1) is 5.07. The molecule has 2 heteroatoms. The van der Waals surface area contributed by atoms with E-state index in [0.29, 0.717) is 0 Å². The molecule has 0 spiro atoms. The molecule has 11 heavy (non-hydrogen) atoms. The molecule has 0 rings (SSSR count). The molecule has 0 unspecified atom stereocenters. The molecule has 0 aliphatic heterocycles. The SMILES string of the molecule is CNC(=O)/C(C)=C/C=C(C)C. The number of allylic oxidation sites excluding steroid dienone is 3. The third-order valence-electron chi connectivity index (χ3n) is 1.25. The van der Waals surface area contributed by atoms with Crippen LogP contribution in [0.2, 0.25) is 0 Å². The van der Waals surface area contributed by atoms with Gasteiger partial charge in [0.05, 0.1) is 0 Å². The minimum Gasteiger partial charge on any atom is -0.355 e. The number of amides is 1. The van der Waals surface area contributed by atoms with Crippen LogP contribution in [-0.4, -0.2) is 13.0 Å². The summed E-state index contributed by atoms with van der Waals surface area (Å²) in [4.78, 5) is 10.9. The van der Waals surface area contributed by atoms with Crippen molar-refractivity contribution in [1.29, 1.82) is 0 Å². The summed E-state index contributed by atoms with van der Waals surface area (Å²) in [5, 5.41) is 2.55. The molecular formula is C9H15NO. The van der Waals surface area contributed by atoms with Crippen molar-refractivity contribution >= 4 is 5.91 Å². The van der Waals surface area contributed by atoms with Crippen LogP contribution in [0.1, 0.15) is 20.8 Å². The van der Waals surface area contributed by atoms with E-state index in [-0.39, 0.29) is 5.91 Å². The van der Waals surface area contributed by atoms with Gasteiger partial charge in [-0.3, -0.25) is 4.79 Å². The molecule has 2 nitrogen and oxygen atoms in total. The third kappa shape index (κ3) is 4.37. The standard InChI is InChI=1S/C9H15NO/c1-7(2)5-6-8(3)9(11)10-4/h5-6H,1-4H3,(H,10,11)/b8-6+. The van der Waals surface area contributed by atoms with Crippen molar-refractivity contribution in [3.8, 4) is 0 Å². The number of carbonyl (C=O) groups is 1. The average Bonchev–Trinajstić information content (AvgIpc) is 1.98. The van der Waals surface area contributed by atoms with Crippen LogP contribution in [0.3, 0.4) is 0 Å². The lowest BCUT2D eigenvalue weighted by Gasteiger charge is -1.96. The van der Waals surface area contributed by atoms with Gasteiger partial charge in [0.15, 0.2) is 0 Å². The number of nitrogens with one attached hydrogen (secondary N) is 1. The van der Waals surface area contributed by atoms with Crippen LogP contribution >= 0.6 is 0 Å². The van der Waals surface area contributed by atoms with Crippen molar-refractivity contribution in [2.24, 2.45) is 0 Å². The summed E-state index contributed by atoms with van der Waals surface area (Å²) in [6, 6.07) is 0. The predicted molar refractivity (Wildman–Crippen MR) is 47.3 cm³/mol. The molecule has 1 N–H and O–H groups in total. The Morgan fingerprint density at radius 2 is 1.73 bits per heavy atom. The zero-order valence-corrected chi connectivity index (χ0v) is 7.56. The highest BCUT2D eigenvalue weighted by Gasteiger charge is 1.96. The van der Waals surface area contributed by atoms with Gasteiger partial charge in [-0.1, -0.05) is 17.7 Å². The van der Waals surface area contributed by atoms with Crippen LogP contribution in [0.5, 0.6) is 0 Å². The topological polar surface area (TPSA) is 29.1 Å². The molecule has 1 amide bonds. The van der Waals surface area contributed by atoms with E-state index < -0.39 is 0 Å². The molecule has 0 fully saturated rings. The molecule has 0 radical (unpaired) electrons. The van der Waals surface area contributed by atoms with Gasteiger partial charge >= 0.3 is 0 Å². The molecule has 0 aliphatic carbocycles. The van der Waals surface area contributed by atoms with Crippen molar-refractivity contribution in [3.05, 3.63) is 23.3 Å². The Kier molecular flexibility index (Phi) is 4.27. The van der Waals surface area contributed by atoms with Gasteiger partial charge in [0.2, 0.25) is 5.91 Å². The van der Waals surface area contributed by atoms with E-state index in [1.165, 1.54) is 5.57 Å². The van der Waals surface area contributed by atoms with Crippen molar-refractivity contribution in [3.63, 3.8) is 0 Å². The summed E-state index contributed by atoms with van der Waals surface area (Å²) in [6.45, 7) is 5.78. The van der Waals surface area contributed by atoms with Crippen LogP contribution in [0.4, 0.5) is 0 Å². The van der Waals surface area contributed by atoms with Crippen LogP contribution in [-0.2, 0) is 4.79 Å². The van der Waals surface area contributed by atoms with Crippen molar-refractivity contribution < 1.29 is 4.79 Å². The molecule has 62 valence electrons. The second-order valence-corrected chi connectivity index (χ2v) is 2.67. The number of hydrogen-bond donors (Lipinski definition) is 1. The molecule has 0 atom stereocenters. The normalized spacial score (nSPS) is 10.7. The largest absolute Gasteiger partial charge is 0.355 e. The molecular weight excluding hydrogens is 138 g/mol. The van der Waals surface area contributed by atoms with E-state index in [2.05, 4.69) is 5.32 Å². The second kappa shape index (κ2) is 4.72. The zero-order chi connectivity index (χ0) is 8.85. The first-order valence-corrected chi connectivity index (χ1v) is 3.61. The Labute approximate surface area is 68.0 Å². The Morgan fingerprint density at radius 3 is 2.09 bits per heavy atom. The average molecular weight is 153 g/mol. The van der Waals surface area contributed by atoms with Crippen LogP contribution in [0, 0.1) is 0 Å². The maximum absolute atomic E-state index is 10.9. The number of likely N-dealkylation sites (N-methyl/N-ethyl adjacent to an activating group) is 1. The fourth-order valence-corrected chi connectivity index (χ4v) is 0.565. The number of hydrogen-bond acceptors (Lipinski definition) is 1. The van der Waals surface area contributed by atoms with Gasteiger partial charge in [-0.15, -0.1) is 0 Å². The summed E-state index contributed by atoms with van der Waals surface area (Å²) in [5.41, 5.74) is 1.92. The van der Waals surface area contributed by atoms with E-state index in [1.807, 2.05) is 26.0 Å². The minimum absolute atomic E-state index is 0.0255. The Hall–Kier alpha value is -1.05. The zero-order valence-electron chi connectivity index (χ0n) is 7.56. The summed E-state index contributed by atoms with van der Waals surface area (Å²) in [6.07, 6.45) is 3.73. The molecule has 0 saturated heterocycles. The molecule has 0 bridgehead atoms. The lowest BCUT2D eigenvalue weighted by molar-refractivity contribution is -0.116. The van der Waals surface area contributed by atoms with Gasteiger partial charge in [-0.25, -0.2) is 0 Å². The van der Waals surface area contributed by atoms with E-state index in [1.54, 1.807) is 14.0 Å². The Morgan fingerprint density at radius 1 is 1.18 bits per heavy atom. The van der Waals surface area contributed by atoms with Gasteiger partial charge in [0.25, 0.3) is 0 Å². The van der Waals surface area contributed by atoms with E-state index in [0.717, 1.165) is 5.57 Å². The lowest BCUT2D eigenvalue weighted by atomic mass is 10.2. The lowest BCUT2D eigenvalue weighted by Crippen LogP contribution is -2.18. The fraction of sp³-hybridized carbons (Fsp3) is 0.444. The monoisotopic (exact) mass is 153 g/mol. The summed E-state index contributed by atoms with van der Waals surface area (Å²) >= 11 is 0. The van der Waals surface area contributed by atoms with Crippen LogP contribution in [0.25, 0.3) is 0 Å². The maximum atomic E-state index is 10.9. The molecule has 0 aromatic carbocycles. The molecule has 0 heterocycles. The van der Waals surface area contributed by atoms with Crippen LogP contribution in [0.15, 0.2) is 23.3 Å². The van der Waals surface area contributed by atoms with Gasteiger partial charge in [0.1, 0.15) is 0 Å². The molecule has 0 saturated carbocycles. The molecule has 0 aromatic rings. The fourth-order valence-electron chi connectivity index (χ4n) is 0.565. The maximum Gasteiger partial charge on any atom is 0.246 e. The van der Waals surface area contributed by atoms with Crippen molar-refractivity contribution in [2.75, 3.05) is 7.05 Å². The van der Waals surface area contributed by atoms with Crippen LogP contribution < -0.4 is 5.32 Å². The van der Waals surface area contributed by atoms with E-state index in [9.17, 15) is 4.79 Å². The summed E-state index contributed by atoms with van der Waals surface area (Å²) in [5.74, 6) is -0.0255. The van der Waals surface area contributed by atoms with Gasteiger partial charge in [-0.2, -0.15) is 0 Å². The Bertz CT molecular complexity index is 198. The number of carbonyl (C=O) groups excluding carboxylic acids is 1. The molecule has 0 aliphatic rings. The highest BCUT2D eigenvalue weighted by Crippen LogP contribution is 1.95. The van der Waals surface area contributed by atoms with E-state index >= 15 is 0 Å². The number of rotatable bonds is 2. The van der Waals surface area contributed by atoms with Gasteiger partial charge in [0, 0.05) is 12.6 Å². The third-order valence-corrected chi connectivity index (χ3v) is 1.25. The van der Waals surface area contributed by atoms with E-state index in [4.69, 9.17) is 0 Å². The smallest absolute Gasteiger partial charge is 0.246 e. The van der Waals surface area contributed by atoms with Crippen molar-refractivity contribution in [2.45, 2.75) is 20.8 Å².